The molecule has 2 N–H and O–H groups in total. The van der Waals surface area contributed by atoms with Gasteiger partial charge in [-0.25, -0.2) is 13.4 Å². The molecule has 0 amide bonds. The van der Waals surface area contributed by atoms with E-state index in [9.17, 15) is 13.5 Å². The highest BCUT2D eigenvalue weighted by molar-refractivity contribution is 7.91. The SMILES string of the molecule is CCS(=O)(=O)c1ccc(OC)c(N2NOC=C2O)c1. The van der Waals surface area contributed by atoms with Gasteiger partial charge in [-0.2, -0.15) is 0 Å². The van der Waals surface area contributed by atoms with Crippen molar-refractivity contribution in [2.24, 2.45) is 0 Å². The van der Waals surface area contributed by atoms with Crippen LogP contribution in [-0.4, -0.2) is 26.4 Å². The summed E-state index contributed by atoms with van der Waals surface area (Å²) in [6.07, 6.45) is 1.08. The summed E-state index contributed by atoms with van der Waals surface area (Å²) in [5.41, 5.74) is 2.75. The molecule has 0 radical (unpaired) electrons. The number of aliphatic hydroxyl groups excluding tert-OH is 1. The number of benzene rings is 1. The Kier molecular flexibility index (Phi) is 3.54. The highest BCUT2D eigenvalue weighted by Gasteiger charge is 2.23. The van der Waals surface area contributed by atoms with E-state index in [1.807, 2.05) is 0 Å². The van der Waals surface area contributed by atoms with Gasteiger partial charge in [0.05, 0.1) is 17.8 Å². The molecule has 0 bridgehead atoms. The summed E-state index contributed by atoms with van der Waals surface area (Å²) in [5.74, 6) is 0.183. The van der Waals surface area contributed by atoms with Crippen LogP contribution in [0.15, 0.2) is 35.2 Å². The quantitative estimate of drug-likeness (QED) is 0.856. The maximum Gasteiger partial charge on any atom is 0.247 e. The van der Waals surface area contributed by atoms with Crippen LogP contribution in [-0.2, 0) is 14.7 Å². The van der Waals surface area contributed by atoms with E-state index in [-0.39, 0.29) is 16.5 Å². The van der Waals surface area contributed by atoms with Crippen molar-refractivity contribution in [1.82, 2.24) is 5.59 Å². The molecule has 0 fully saturated rings. The standard InChI is InChI=1S/C11H14N2O5S/c1-3-19(15,16)8-4-5-10(17-2)9(6-8)13-11(14)7-18-12-13/h4-7,12,14H,3H2,1-2H3. The number of sulfone groups is 1. The summed E-state index contributed by atoms with van der Waals surface area (Å²) >= 11 is 0. The number of aliphatic hydroxyl groups is 1. The number of hydrogen-bond acceptors (Lipinski definition) is 7. The fourth-order valence-corrected chi connectivity index (χ4v) is 2.51. The second kappa shape index (κ2) is 4.98. The number of rotatable bonds is 4. The van der Waals surface area contributed by atoms with Gasteiger partial charge in [-0.3, -0.25) is 0 Å². The van der Waals surface area contributed by atoms with Gasteiger partial charge >= 0.3 is 0 Å². The molecule has 1 aliphatic heterocycles. The summed E-state index contributed by atoms with van der Waals surface area (Å²) in [7, 11) is -1.90. The average Bonchev–Trinajstić information content (AvgIpc) is 2.84. The molecule has 104 valence electrons. The van der Waals surface area contributed by atoms with Crippen LogP contribution in [0.3, 0.4) is 0 Å². The van der Waals surface area contributed by atoms with Crippen molar-refractivity contribution in [3.8, 4) is 5.75 Å². The minimum absolute atomic E-state index is 0.00941. The molecule has 1 aromatic rings. The lowest BCUT2D eigenvalue weighted by Gasteiger charge is -2.19. The molecule has 2 rings (SSSR count). The first-order valence-corrected chi connectivity index (χ1v) is 7.16. The number of hydrogen-bond donors (Lipinski definition) is 2. The normalized spacial score (nSPS) is 15.1. The highest BCUT2D eigenvalue weighted by Crippen LogP contribution is 2.33. The molecule has 0 saturated heterocycles. The summed E-state index contributed by atoms with van der Waals surface area (Å²) in [6.45, 7) is 1.56. The Morgan fingerprint density at radius 1 is 1.47 bits per heavy atom. The Balaban J connectivity index is 2.52. The molecule has 0 saturated carbocycles. The second-order valence-electron chi connectivity index (χ2n) is 3.76. The fourth-order valence-electron chi connectivity index (χ4n) is 1.61. The molecular formula is C11H14N2O5S. The van der Waals surface area contributed by atoms with Gasteiger partial charge in [-0.05, 0) is 18.2 Å². The third kappa shape index (κ3) is 2.45. The number of ether oxygens (including phenoxy) is 1. The van der Waals surface area contributed by atoms with Crippen molar-refractivity contribution in [2.75, 3.05) is 17.9 Å². The third-order valence-electron chi connectivity index (χ3n) is 2.67. The predicted octanol–water partition coefficient (Wildman–Crippen LogP) is 1.10. The number of anilines is 1. The smallest absolute Gasteiger partial charge is 0.247 e. The lowest BCUT2D eigenvalue weighted by atomic mass is 10.3. The zero-order chi connectivity index (χ0) is 14.0. The Bertz CT molecular complexity index is 612. The van der Waals surface area contributed by atoms with Gasteiger partial charge in [-0.1, -0.05) is 12.5 Å². The molecule has 1 aromatic carbocycles. The van der Waals surface area contributed by atoms with Crippen LogP contribution in [0.5, 0.6) is 5.75 Å². The zero-order valence-corrected chi connectivity index (χ0v) is 11.3. The molecule has 0 atom stereocenters. The van der Waals surface area contributed by atoms with E-state index in [2.05, 4.69) is 5.59 Å². The van der Waals surface area contributed by atoms with Gasteiger partial charge in [0.1, 0.15) is 11.4 Å². The van der Waals surface area contributed by atoms with Crippen LogP contribution < -0.4 is 15.3 Å². The topological polar surface area (TPSA) is 88.1 Å². The third-order valence-corrected chi connectivity index (χ3v) is 4.40. The van der Waals surface area contributed by atoms with Crippen molar-refractivity contribution >= 4 is 15.5 Å². The first-order valence-electron chi connectivity index (χ1n) is 5.51. The second-order valence-corrected chi connectivity index (χ2v) is 6.04. The summed E-state index contributed by atoms with van der Waals surface area (Å²) in [4.78, 5) is 4.88. The van der Waals surface area contributed by atoms with Gasteiger partial charge in [0.15, 0.2) is 16.1 Å². The Hall–Kier alpha value is -1.93. The van der Waals surface area contributed by atoms with Gasteiger partial charge < -0.3 is 14.7 Å². The van der Waals surface area contributed by atoms with Crippen molar-refractivity contribution < 1.29 is 23.1 Å². The van der Waals surface area contributed by atoms with Crippen LogP contribution in [0.4, 0.5) is 5.69 Å². The molecule has 7 nitrogen and oxygen atoms in total. The number of hydrazine groups is 1. The van der Waals surface area contributed by atoms with E-state index in [0.29, 0.717) is 11.4 Å². The fraction of sp³-hybridized carbons (Fsp3) is 0.273. The molecule has 0 aromatic heterocycles. The summed E-state index contributed by atoms with van der Waals surface area (Å²) in [5, 5.41) is 10.8. The van der Waals surface area contributed by atoms with E-state index in [1.54, 1.807) is 6.92 Å². The predicted molar refractivity (Wildman–Crippen MR) is 68.1 cm³/mol. The molecule has 0 spiro atoms. The molecule has 0 unspecified atom stereocenters. The van der Waals surface area contributed by atoms with Crippen LogP contribution in [0.1, 0.15) is 6.92 Å². The highest BCUT2D eigenvalue weighted by atomic mass is 32.2. The molecule has 1 heterocycles. The molecule has 19 heavy (non-hydrogen) atoms. The average molecular weight is 286 g/mol. The van der Waals surface area contributed by atoms with E-state index in [4.69, 9.17) is 9.57 Å². The van der Waals surface area contributed by atoms with Crippen LogP contribution in [0.2, 0.25) is 0 Å². The number of nitrogens with zero attached hydrogens (tertiary/aromatic N) is 1. The maximum absolute atomic E-state index is 11.9. The molecular weight excluding hydrogens is 272 g/mol. The molecule has 0 aliphatic carbocycles. The van der Waals surface area contributed by atoms with Gasteiger partial charge in [0, 0.05) is 0 Å². The van der Waals surface area contributed by atoms with Crippen molar-refractivity contribution in [3.05, 3.63) is 30.3 Å². The number of nitrogens with one attached hydrogen (secondary N) is 1. The number of methoxy groups -OCH3 is 1. The van der Waals surface area contributed by atoms with Gasteiger partial charge in [-0.15, -0.1) is 0 Å². The largest absolute Gasteiger partial charge is 0.495 e. The lowest BCUT2D eigenvalue weighted by Crippen LogP contribution is -2.31. The first-order chi connectivity index (χ1) is 8.99. The van der Waals surface area contributed by atoms with Crippen molar-refractivity contribution in [1.29, 1.82) is 0 Å². The first kappa shape index (κ1) is 13.5. The van der Waals surface area contributed by atoms with Gasteiger partial charge in [0.2, 0.25) is 5.88 Å². The maximum atomic E-state index is 11.9. The minimum atomic E-state index is -3.34. The Morgan fingerprint density at radius 3 is 2.74 bits per heavy atom. The monoisotopic (exact) mass is 286 g/mol. The van der Waals surface area contributed by atoms with Gasteiger partial charge in [0.25, 0.3) is 0 Å². The zero-order valence-electron chi connectivity index (χ0n) is 10.5. The summed E-state index contributed by atoms with van der Waals surface area (Å²) in [6, 6.07) is 4.38. The summed E-state index contributed by atoms with van der Waals surface area (Å²) < 4.78 is 28.9. The van der Waals surface area contributed by atoms with Crippen molar-refractivity contribution in [2.45, 2.75) is 11.8 Å². The van der Waals surface area contributed by atoms with Crippen LogP contribution >= 0.6 is 0 Å². The molecule has 1 aliphatic rings. The van der Waals surface area contributed by atoms with Crippen molar-refractivity contribution in [3.63, 3.8) is 0 Å². The van der Waals surface area contributed by atoms with E-state index < -0.39 is 9.84 Å². The van der Waals surface area contributed by atoms with Crippen LogP contribution in [0.25, 0.3) is 0 Å². The van der Waals surface area contributed by atoms with E-state index in [0.717, 1.165) is 6.26 Å². The van der Waals surface area contributed by atoms with Crippen LogP contribution in [0, 0.1) is 0 Å². The lowest BCUT2D eigenvalue weighted by molar-refractivity contribution is 0.157. The van der Waals surface area contributed by atoms with E-state index >= 15 is 0 Å². The molecule has 8 heteroatoms. The minimum Gasteiger partial charge on any atom is -0.495 e. The Morgan fingerprint density at radius 2 is 2.21 bits per heavy atom. The van der Waals surface area contributed by atoms with E-state index in [1.165, 1.54) is 30.3 Å². The Labute approximate surface area is 110 Å².